The van der Waals surface area contributed by atoms with Crippen molar-refractivity contribution in [2.24, 2.45) is 11.8 Å². The van der Waals surface area contributed by atoms with E-state index < -0.39 is 0 Å². The fourth-order valence-corrected chi connectivity index (χ4v) is 2.21. The van der Waals surface area contributed by atoms with Gasteiger partial charge in [0.25, 0.3) is 0 Å². The van der Waals surface area contributed by atoms with Gasteiger partial charge in [-0.3, -0.25) is 4.90 Å². The Morgan fingerprint density at radius 2 is 2.28 bits per heavy atom. The van der Waals surface area contributed by atoms with Crippen LogP contribution >= 0.6 is 0 Å². The van der Waals surface area contributed by atoms with Crippen LogP contribution in [0.5, 0.6) is 0 Å². The van der Waals surface area contributed by atoms with Crippen LogP contribution in [0.2, 0.25) is 0 Å². The van der Waals surface area contributed by atoms with Crippen LogP contribution in [0.25, 0.3) is 0 Å². The van der Waals surface area contributed by atoms with E-state index in [1.165, 1.54) is 13.0 Å². The second-order valence-corrected chi connectivity index (χ2v) is 5.99. The smallest absolute Gasteiger partial charge is 0.151 e. The molecule has 0 spiro atoms. The molecule has 0 radical (unpaired) electrons. The van der Waals surface area contributed by atoms with Crippen LogP contribution in [0.4, 0.5) is 0 Å². The average Bonchev–Trinajstić information content (AvgIpc) is 2.79. The van der Waals surface area contributed by atoms with Crippen molar-refractivity contribution in [3.63, 3.8) is 0 Å². The molecule has 0 bridgehead atoms. The Hall–Kier alpha value is -0.870. The van der Waals surface area contributed by atoms with Gasteiger partial charge in [-0.15, -0.1) is 0 Å². The molecular formula is C14H25N3O. The molecule has 4 heteroatoms. The van der Waals surface area contributed by atoms with Gasteiger partial charge in [0.1, 0.15) is 0 Å². The van der Waals surface area contributed by atoms with Gasteiger partial charge in [-0.2, -0.15) is 0 Å². The molecule has 1 aliphatic carbocycles. The highest BCUT2D eigenvalue weighted by Gasteiger charge is 2.33. The minimum Gasteiger partial charge on any atom is -0.360 e. The molecule has 1 aromatic rings. The van der Waals surface area contributed by atoms with E-state index in [0.29, 0.717) is 6.04 Å². The maximum atomic E-state index is 5.36. The van der Waals surface area contributed by atoms with Crippen molar-refractivity contribution in [1.82, 2.24) is 15.4 Å². The molecule has 1 aromatic heterocycles. The van der Waals surface area contributed by atoms with Gasteiger partial charge in [-0.05, 0) is 25.3 Å². The summed E-state index contributed by atoms with van der Waals surface area (Å²) in [6.45, 7) is 9.39. The lowest BCUT2D eigenvalue weighted by Gasteiger charge is -2.13. The molecule has 1 fully saturated rings. The summed E-state index contributed by atoms with van der Waals surface area (Å²) in [5, 5.41) is 7.43. The van der Waals surface area contributed by atoms with Crippen LogP contribution < -0.4 is 5.32 Å². The fourth-order valence-electron chi connectivity index (χ4n) is 2.21. The first kappa shape index (κ1) is 13.6. The zero-order valence-corrected chi connectivity index (χ0v) is 11.9. The van der Waals surface area contributed by atoms with Crippen LogP contribution in [0, 0.1) is 11.8 Å². The number of rotatable bonds is 7. The van der Waals surface area contributed by atoms with Crippen LogP contribution in [-0.4, -0.2) is 29.7 Å². The summed E-state index contributed by atoms with van der Waals surface area (Å²) in [4.78, 5) is 2.33. The van der Waals surface area contributed by atoms with E-state index in [-0.39, 0.29) is 0 Å². The van der Waals surface area contributed by atoms with Gasteiger partial charge in [-0.1, -0.05) is 25.9 Å². The van der Waals surface area contributed by atoms with E-state index in [1.807, 2.05) is 0 Å². The predicted molar refractivity (Wildman–Crippen MR) is 72.1 cm³/mol. The maximum absolute atomic E-state index is 5.36. The number of nitrogens with zero attached hydrogens (tertiary/aromatic N) is 2. The molecule has 0 aliphatic heterocycles. The van der Waals surface area contributed by atoms with Crippen LogP contribution in [0.15, 0.2) is 10.6 Å². The van der Waals surface area contributed by atoms with Crippen molar-refractivity contribution < 1.29 is 4.52 Å². The second-order valence-electron chi connectivity index (χ2n) is 5.99. The summed E-state index contributed by atoms with van der Waals surface area (Å²) in [7, 11) is 2.15. The van der Waals surface area contributed by atoms with E-state index in [0.717, 1.165) is 36.4 Å². The zero-order valence-electron chi connectivity index (χ0n) is 11.9. The Labute approximate surface area is 110 Å². The Bertz CT molecular complexity index is 375. The lowest BCUT2D eigenvalue weighted by atomic mass is 10.3. The Morgan fingerprint density at radius 1 is 1.56 bits per heavy atom. The van der Waals surface area contributed by atoms with Crippen LogP contribution in [-0.2, 0) is 13.1 Å². The summed E-state index contributed by atoms with van der Waals surface area (Å²) in [6.07, 6.45) is 1.38. The molecule has 2 atom stereocenters. The van der Waals surface area contributed by atoms with Crippen molar-refractivity contribution in [3.8, 4) is 0 Å². The van der Waals surface area contributed by atoms with Crippen molar-refractivity contribution in [2.75, 3.05) is 13.6 Å². The Morgan fingerprint density at radius 3 is 2.89 bits per heavy atom. The molecule has 102 valence electrons. The van der Waals surface area contributed by atoms with E-state index in [9.17, 15) is 0 Å². The summed E-state index contributed by atoms with van der Waals surface area (Å²) >= 11 is 0. The quantitative estimate of drug-likeness (QED) is 0.807. The molecule has 2 unspecified atom stereocenters. The zero-order chi connectivity index (χ0) is 13.1. The first-order valence-electron chi connectivity index (χ1n) is 6.91. The van der Waals surface area contributed by atoms with Gasteiger partial charge in [0.2, 0.25) is 0 Å². The highest BCUT2D eigenvalue weighted by Crippen LogP contribution is 2.38. The minimum atomic E-state index is 0.476. The first-order valence-corrected chi connectivity index (χ1v) is 6.91. The van der Waals surface area contributed by atoms with Gasteiger partial charge >= 0.3 is 0 Å². The van der Waals surface area contributed by atoms with Gasteiger partial charge < -0.3 is 9.84 Å². The van der Waals surface area contributed by atoms with Crippen molar-refractivity contribution in [3.05, 3.63) is 17.5 Å². The molecule has 18 heavy (non-hydrogen) atoms. The standard InChI is InChI=1S/C14H25N3O/c1-10(2)15-7-13-6-14(18-16-13)9-17(4)8-12-5-11(12)3/h6,10-12,15H,5,7-9H2,1-4H3. The molecule has 4 nitrogen and oxygen atoms in total. The van der Waals surface area contributed by atoms with E-state index in [2.05, 4.69) is 49.3 Å². The first-order chi connectivity index (χ1) is 8.54. The molecule has 0 saturated heterocycles. The molecular weight excluding hydrogens is 226 g/mol. The summed E-state index contributed by atoms with van der Waals surface area (Å²) in [6, 6.07) is 2.53. The lowest BCUT2D eigenvalue weighted by molar-refractivity contribution is 0.260. The second kappa shape index (κ2) is 5.85. The van der Waals surface area contributed by atoms with E-state index >= 15 is 0 Å². The van der Waals surface area contributed by atoms with Gasteiger partial charge in [0, 0.05) is 25.2 Å². The molecule has 1 aliphatic rings. The maximum Gasteiger partial charge on any atom is 0.151 e. The third kappa shape index (κ3) is 4.10. The largest absolute Gasteiger partial charge is 0.360 e. The Balaban J connectivity index is 1.75. The molecule has 0 aromatic carbocycles. The van der Waals surface area contributed by atoms with E-state index in [4.69, 9.17) is 4.52 Å². The van der Waals surface area contributed by atoms with Crippen molar-refractivity contribution in [2.45, 2.75) is 46.3 Å². The molecule has 1 N–H and O–H groups in total. The summed E-state index contributed by atoms with van der Waals surface area (Å²) < 4.78 is 5.36. The molecule has 1 saturated carbocycles. The van der Waals surface area contributed by atoms with Crippen molar-refractivity contribution >= 4 is 0 Å². The number of hydrogen-bond acceptors (Lipinski definition) is 4. The third-order valence-electron chi connectivity index (χ3n) is 3.55. The van der Waals surface area contributed by atoms with Gasteiger partial charge in [0.05, 0.1) is 12.2 Å². The minimum absolute atomic E-state index is 0.476. The highest BCUT2D eigenvalue weighted by atomic mass is 16.5. The van der Waals surface area contributed by atoms with Gasteiger partial charge in [-0.25, -0.2) is 0 Å². The monoisotopic (exact) mass is 251 g/mol. The van der Waals surface area contributed by atoms with Crippen LogP contribution in [0.3, 0.4) is 0 Å². The highest BCUT2D eigenvalue weighted by molar-refractivity contribution is 5.05. The van der Waals surface area contributed by atoms with Gasteiger partial charge in [0.15, 0.2) is 5.76 Å². The van der Waals surface area contributed by atoms with Crippen LogP contribution in [0.1, 0.15) is 38.6 Å². The fraction of sp³-hybridized carbons (Fsp3) is 0.786. The molecule has 1 heterocycles. The lowest BCUT2D eigenvalue weighted by Crippen LogP contribution is -2.22. The summed E-state index contributed by atoms with van der Waals surface area (Å²) in [5.74, 6) is 2.76. The number of hydrogen-bond donors (Lipinski definition) is 1. The predicted octanol–water partition coefficient (Wildman–Crippen LogP) is 2.26. The Kier molecular flexibility index (Phi) is 4.40. The molecule has 2 rings (SSSR count). The normalized spacial score (nSPS) is 23.0. The third-order valence-corrected chi connectivity index (χ3v) is 3.55. The topological polar surface area (TPSA) is 41.3 Å². The number of nitrogens with one attached hydrogen (secondary N) is 1. The van der Waals surface area contributed by atoms with E-state index in [1.54, 1.807) is 0 Å². The SMILES string of the molecule is CC(C)NCc1cc(CN(C)CC2CC2C)on1. The summed E-state index contributed by atoms with van der Waals surface area (Å²) in [5.41, 5.74) is 0.992. The number of aromatic nitrogens is 1. The van der Waals surface area contributed by atoms with Crippen molar-refractivity contribution in [1.29, 1.82) is 0 Å². The molecule has 0 amide bonds. The average molecular weight is 251 g/mol.